The van der Waals surface area contributed by atoms with E-state index < -0.39 is 0 Å². The number of rotatable bonds is 4. The fourth-order valence-electron chi connectivity index (χ4n) is 2.17. The first-order valence-electron chi connectivity index (χ1n) is 6.69. The molecule has 5 nitrogen and oxygen atoms in total. The van der Waals surface area contributed by atoms with Crippen molar-refractivity contribution < 1.29 is 9.53 Å². The third-order valence-corrected chi connectivity index (χ3v) is 3.20. The number of nitrogens with two attached hydrogens (primary N) is 1. The summed E-state index contributed by atoms with van der Waals surface area (Å²) in [6.07, 6.45) is 3.36. The average Bonchev–Trinajstić information content (AvgIpc) is 2.91. The van der Waals surface area contributed by atoms with E-state index in [2.05, 4.69) is 4.98 Å². The molecule has 106 valence electrons. The molecule has 3 rings (SSSR count). The molecule has 2 aromatic heterocycles. The van der Waals surface area contributed by atoms with E-state index in [-0.39, 0.29) is 5.78 Å². The maximum absolute atomic E-state index is 12.5. The first kappa shape index (κ1) is 13.2. The number of nitrogen functional groups attached to an aromatic ring is 1. The molecule has 3 aromatic rings. The summed E-state index contributed by atoms with van der Waals surface area (Å²) in [5.41, 5.74) is 8.04. The van der Waals surface area contributed by atoms with Crippen molar-refractivity contribution in [2.45, 2.75) is 6.92 Å². The van der Waals surface area contributed by atoms with Crippen molar-refractivity contribution in [2.75, 3.05) is 12.3 Å². The molecular formula is C16H15N3O2. The molecule has 5 heteroatoms. The van der Waals surface area contributed by atoms with Crippen molar-refractivity contribution in [1.29, 1.82) is 0 Å². The highest BCUT2D eigenvalue weighted by Gasteiger charge is 2.14. The normalized spacial score (nSPS) is 10.7. The monoisotopic (exact) mass is 281 g/mol. The number of aromatic nitrogens is 2. The summed E-state index contributed by atoms with van der Waals surface area (Å²) in [4.78, 5) is 16.8. The highest BCUT2D eigenvalue weighted by molar-refractivity contribution is 6.08. The van der Waals surface area contributed by atoms with Crippen LogP contribution in [0.25, 0.3) is 5.65 Å². The van der Waals surface area contributed by atoms with Crippen molar-refractivity contribution in [3.63, 3.8) is 0 Å². The van der Waals surface area contributed by atoms with E-state index in [0.717, 1.165) is 5.75 Å². The predicted molar refractivity (Wildman–Crippen MR) is 80.6 cm³/mol. The molecule has 0 saturated carbocycles. The maximum Gasteiger partial charge on any atom is 0.211 e. The highest BCUT2D eigenvalue weighted by atomic mass is 16.5. The van der Waals surface area contributed by atoms with Crippen LogP contribution in [0.3, 0.4) is 0 Å². The summed E-state index contributed by atoms with van der Waals surface area (Å²) in [7, 11) is 0. The van der Waals surface area contributed by atoms with Gasteiger partial charge in [0.2, 0.25) is 5.78 Å². The number of hydrogen-bond donors (Lipinski definition) is 1. The quantitative estimate of drug-likeness (QED) is 0.589. The number of carbonyl (C=O) groups excluding carboxylic acids is 1. The lowest BCUT2D eigenvalue weighted by atomic mass is 10.1. The largest absolute Gasteiger partial charge is 0.494 e. The second-order valence-corrected chi connectivity index (χ2v) is 4.62. The number of anilines is 1. The molecule has 0 atom stereocenters. The Hall–Kier alpha value is -2.82. The number of ether oxygens (including phenoxy) is 1. The van der Waals surface area contributed by atoms with E-state index in [4.69, 9.17) is 10.5 Å². The number of imidazole rings is 1. The van der Waals surface area contributed by atoms with Crippen molar-refractivity contribution in [3.8, 4) is 5.75 Å². The van der Waals surface area contributed by atoms with Gasteiger partial charge in [0.05, 0.1) is 12.8 Å². The van der Waals surface area contributed by atoms with Crippen LogP contribution in [0.4, 0.5) is 5.69 Å². The molecule has 0 fully saturated rings. The Balaban J connectivity index is 2.00. The van der Waals surface area contributed by atoms with E-state index in [1.807, 2.05) is 19.1 Å². The number of pyridine rings is 1. The fourth-order valence-corrected chi connectivity index (χ4v) is 2.17. The molecule has 0 bridgehead atoms. The van der Waals surface area contributed by atoms with Crippen LogP contribution in [0.1, 0.15) is 23.0 Å². The number of nitrogens with zero attached hydrogens (tertiary/aromatic N) is 2. The standard InChI is InChI=1S/C16H15N3O2/c1-2-21-13-7-8-19-14(10-18-15(19)9-13)16(20)11-3-5-12(17)6-4-11/h3-10H,2,17H2,1H3. The Morgan fingerprint density at radius 2 is 2.05 bits per heavy atom. The SMILES string of the molecule is CCOc1ccn2c(C(=O)c3ccc(N)cc3)cnc2c1. The van der Waals surface area contributed by atoms with Gasteiger partial charge in [0.1, 0.15) is 17.1 Å². The molecule has 0 aliphatic rings. The number of ketones is 1. The van der Waals surface area contributed by atoms with E-state index in [1.54, 1.807) is 41.1 Å². The first-order chi connectivity index (χ1) is 10.2. The summed E-state index contributed by atoms with van der Waals surface area (Å²) in [6.45, 7) is 2.51. The van der Waals surface area contributed by atoms with Crippen LogP contribution >= 0.6 is 0 Å². The van der Waals surface area contributed by atoms with Crippen molar-refractivity contribution in [2.24, 2.45) is 0 Å². The van der Waals surface area contributed by atoms with Gasteiger partial charge in [-0.15, -0.1) is 0 Å². The predicted octanol–water partition coefficient (Wildman–Crippen LogP) is 2.55. The van der Waals surface area contributed by atoms with Gasteiger partial charge in [0, 0.05) is 23.5 Å². The van der Waals surface area contributed by atoms with Gasteiger partial charge in [0.15, 0.2) is 0 Å². The zero-order valence-electron chi connectivity index (χ0n) is 11.6. The van der Waals surface area contributed by atoms with Gasteiger partial charge in [0.25, 0.3) is 0 Å². The van der Waals surface area contributed by atoms with Gasteiger partial charge in [-0.3, -0.25) is 9.20 Å². The lowest BCUT2D eigenvalue weighted by molar-refractivity contribution is 0.103. The van der Waals surface area contributed by atoms with Gasteiger partial charge in [-0.05, 0) is 37.3 Å². The van der Waals surface area contributed by atoms with Gasteiger partial charge in [-0.1, -0.05) is 0 Å². The van der Waals surface area contributed by atoms with Crippen molar-refractivity contribution in [1.82, 2.24) is 9.38 Å². The molecule has 0 aliphatic heterocycles. The Bertz CT molecular complexity index is 791. The van der Waals surface area contributed by atoms with Crippen molar-refractivity contribution in [3.05, 3.63) is 60.0 Å². The smallest absolute Gasteiger partial charge is 0.211 e. The van der Waals surface area contributed by atoms with Crippen LogP contribution in [0.2, 0.25) is 0 Å². The molecule has 0 aliphatic carbocycles. The zero-order valence-corrected chi connectivity index (χ0v) is 11.6. The lowest BCUT2D eigenvalue weighted by Crippen LogP contribution is -2.05. The Labute approximate surface area is 122 Å². The third kappa shape index (κ3) is 2.45. The number of fused-ring (bicyclic) bond motifs is 1. The summed E-state index contributed by atoms with van der Waals surface area (Å²) in [5, 5.41) is 0. The molecule has 0 radical (unpaired) electrons. The zero-order chi connectivity index (χ0) is 14.8. The summed E-state index contributed by atoms with van der Waals surface area (Å²) in [6, 6.07) is 10.5. The van der Waals surface area contributed by atoms with Crippen molar-refractivity contribution >= 4 is 17.1 Å². The summed E-state index contributed by atoms with van der Waals surface area (Å²) in [5.74, 6) is 0.647. The molecule has 2 heterocycles. The van der Waals surface area contributed by atoms with E-state index >= 15 is 0 Å². The van der Waals surface area contributed by atoms with Crippen LogP contribution in [0.15, 0.2) is 48.8 Å². The number of hydrogen-bond acceptors (Lipinski definition) is 4. The molecule has 2 N–H and O–H groups in total. The van der Waals surface area contributed by atoms with Gasteiger partial charge >= 0.3 is 0 Å². The van der Waals surface area contributed by atoms with Crippen LogP contribution in [0, 0.1) is 0 Å². The van der Waals surface area contributed by atoms with E-state index in [0.29, 0.717) is 29.2 Å². The highest BCUT2D eigenvalue weighted by Crippen LogP contribution is 2.18. The van der Waals surface area contributed by atoms with E-state index in [1.165, 1.54) is 0 Å². The maximum atomic E-state index is 12.5. The minimum absolute atomic E-state index is 0.0911. The van der Waals surface area contributed by atoms with Crippen LogP contribution in [0.5, 0.6) is 5.75 Å². The Morgan fingerprint density at radius 1 is 1.29 bits per heavy atom. The van der Waals surface area contributed by atoms with Gasteiger partial charge < -0.3 is 10.5 Å². The van der Waals surface area contributed by atoms with Crippen LogP contribution in [-0.2, 0) is 0 Å². The first-order valence-corrected chi connectivity index (χ1v) is 6.69. The van der Waals surface area contributed by atoms with Gasteiger partial charge in [-0.2, -0.15) is 0 Å². The molecule has 0 unspecified atom stereocenters. The number of carbonyl (C=O) groups is 1. The molecule has 21 heavy (non-hydrogen) atoms. The molecule has 0 spiro atoms. The molecule has 0 amide bonds. The lowest BCUT2D eigenvalue weighted by Gasteiger charge is -2.05. The minimum Gasteiger partial charge on any atom is -0.494 e. The third-order valence-electron chi connectivity index (χ3n) is 3.20. The van der Waals surface area contributed by atoms with Crippen LogP contribution in [-0.4, -0.2) is 21.8 Å². The Kier molecular flexibility index (Phi) is 3.31. The number of benzene rings is 1. The average molecular weight is 281 g/mol. The topological polar surface area (TPSA) is 69.6 Å². The minimum atomic E-state index is -0.0911. The van der Waals surface area contributed by atoms with Crippen LogP contribution < -0.4 is 10.5 Å². The van der Waals surface area contributed by atoms with Gasteiger partial charge in [-0.25, -0.2) is 4.98 Å². The fraction of sp³-hybridized carbons (Fsp3) is 0.125. The molecule has 0 saturated heterocycles. The summed E-state index contributed by atoms with van der Waals surface area (Å²) < 4.78 is 7.18. The molecule has 1 aromatic carbocycles. The second kappa shape index (κ2) is 5.28. The summed E-state index contributed by atoms with van der Waals surface area (Å²) >= 11 is 0. The molecular weight excluding hydrogens is 266 g/mol. The second-order valence-electron chi connectivity index (χ2n) is 4.62. The Morgan fingerprint density at radius 3 is 2.76 bits per heavy atom. The van der Waals surface area contributed by atoms with E-state index in [9.17, 15) is 4.79 Å².